The van der Waals surface area contributed by atoms with Crippen LogP contribution in [0.3, 0.4) is 0 Å². The van der Waals surface area contributed by atoms with Crippen molar-refractivity contribution in [2.75, 3.05) is 17.3 Å². The molecule has 0 bridgehead atoms. The zero-order valence-corrected chi connectivity index (χ0v) is 12.5. The molecule has 0 radical (unpaired) electrons. The van der Waals surface area contributed by atoms with Crippen molar-refractivity contribution in [3.8, 4) is 0 Å². The topological polar surface area (TPSA) is 20.2 Å². The van der Waals surface area contributed by atoms with Gasteiger partial charge in [0.25, 0.3) is 0 Å². The van der Waals surface area contributed by atoms with Crippen LogP contribution in [0.15, 0.2) is 22.7 Å². The maximum atomic E-state index is 13.2. The first kappa shape index (κ1) is 13.7. The fraction of sp³-hybridized carbons (Fsp3) is 0.500. The molecular weight excluding hydrogens is 323 g/mol. The van der Waals surface area contributed by atoms with Crippen LogP contribution in [0.4, 0.5) is 4.39 Å². The van der Waals surface area contributed by atoms with Crippen molar-refractivity contribution in [3.63, 3.8) is 0 Å². The van der Waals surface area contributed by atoms with Gasteiger partial charge in [-0.1, -0.05) is 15.9 Å². The molecule has 0 saturated carbocycles. The van der Waals surface area contributed by atoms with Gasteiger partial charge >= 0.3 is 0 Å². The molecule has 2 unspecified atom stereocenters. The van der Waals surface area contributed by atoms with E-state index in [1.165, 1.54) is 17.9 Å². The van der Waals surface area contributed by atoms with Crippen LogP contribution in [0.25, 0.3) is 0 Å². The summed E-state index contributed by atoms with van der Waals surface area (Å²) in [6.07, 6.45) is 0.135. The highest BCUT2D eigenvalue weighted by Gasteiger charge is 2.23. The second-order valence-electron chi connectivity index (χ2n) is 4.03. The van der Waals surface area contributed by atoms with E-state index in [1.807, 2.05) is 29.6 Å². The normalized spacial score (nSPS) is 22.4. The van der Waals surface area contributed by atoms with Crippen molar-refractivity contribution in [2.24, 2.45) is 0 Å². The van der Waals surface area contributed by atoms with Gasteiger partial charge in [-0.3, -0.25) is 0 Å². The van der Waals surface area contributed by atoms with Gasteiger partial charge in [0.05, 0.1) is 6.10 Å². The number of hydrogen-bond donors (Lipinski definition) is 1. The van der Waals surface area contributed by atoms with Gasteiger partial charge in [0.1, 0.15) is 5.82 Å². The number of benzene rings is 1. The van der Waals surface area contributed by atoms with Crippen LogP contribution in [-0.4, -0.2) is 33.7 Å². The Morgan fingerprint density at radius 3 is 2.88 bits per heavy atom. The number of aliphatic hydroxyl groups is 1. The van der Waals surface area contributed by atoms with Gasteiger partial charge in [-0.2, -0.15) is 23.5 Å². The molecule has 1 aliphatic heterocycles. The van der Waals surface area contributed by atoms with E-state index in [-0.39, 0.29) is 17.2 Å². The van der Waals surface area contributed by atoms with E-state index in [0.29, 0.717) is 6.42 Å². The molecule has 2 rings (SSSR count). The molecule has 1 aromatic carbocycles. The van der Waals surface area contributed by atoms with Crippen molar-refractivity contribution in [3.05, 3.63) is 34.1 Å². The lowest BCUT2D eigenvalue weighted by Crippen LogP contribution is -2.30. The zero-order chi connectivity index (χ0) is 12.3. The van der Waals surface area contributed by atoms with Crippen LogP contribution in [0, 0.1) is 5.82 Å². The monoisotopic (exact) mass is 336 g/mol. The highest BCUT2D eigenvalue weighted by atomic mass is 79.9. The minimum atomic E-state index is -0.388. The van der Waals surface area contributed by atoms with Crippen LogP contribution in [-0.2, 0) is 6.42 Å². The van der Waals surface area contributed by atoms with Gasteiger partial charge in [-0.15, -0.1) is 0 Å². The highest BCUT2D eigenvalue weighted by Crippen LogP contribution is 2.28. The molecule has 1 aliphatic rings. The Hall–Kier alpha value is 0.290. The Kier molecular flexibility index (Phi) is 5.21. The summed E-state index contributed by atoms with van der Waals surface area (Å²) >= 11 is 6.97. The molecule has 0 spiro atoms. The standard InChI is InChI=1S/C12H14BrFOS2/c13-9-3-8(4-10(14)6-9)5-11(15)12-7-16-1-2-17-12/h3-4,6,11-12,15H,1-2,5,7H2. The molecule has 1 saturated heterocycles. The first-order chi connectivity index (χ1) is 8.15. The lowest BCUT2D eigenvalue weighted by Gasteiger charge is -2.25. The molecule has 1 fully saturated rings. The molecule has 94 valence electrons. The van der Waals surface area contributed by atoms with Gasteiger partial charge in [0, 0.05) is 27.0 Å². The third kappa shape index (κ3) is 4.16. The molecule has 2 atom stereocenters. The smallest absolute Gasteiger partial charge is 0.124 e. The molecule has 1 aromatic rings. The van der Waals surface area contributed by atoms with E-state index in [2.05, 4.69) is 15.9 Å². The van der Waals surface area contributed by atoms with Crippen molar-refractivity contribution in [1.82, 2.24) is 0 Å². The maximum absolute atomic E-state index is 13.2. The van der Waals surface area contributed by atoms with E-state index in [4.69, 9.17) is 0 Å². The summed E-state index contributed by atoms with van der Waals surface area (Å²) in [4.78, 5) is 0. The molecule has 17 heavy (non-hydrogen) atoms. The van der Waals surface area contributed by atoms with Crippen molar-refractivity contribution < 1.29 is 9.50 Å². The van der Waals surface area contributed by atoms with E-state index in [9.17, 15) is 9.50 Å². The fourth-order valence-electron chi connectivity index (χ4n) is 1.83. The van der Waals surface area contributed by atoms with Gasteiger partial charge in [0.15, 0.2) is 0 Å². The number of aliphatic hydroxyl groups excluding tert-OH is 1. The number of halogens is 2. The Morgan fingerprint density at radius 2 is 2.24 bits per heavy atom. The number of thioether (sulfide) groups is 2. The van der Waals surface area contributed by atoms with Crippen LogP contribution in [0.2, 0.25) is 0 Å². The average molecular weight is 337 g/mol. The third-order valence-electron chi connectivity index (χ3n) is 2.64. The van der Waals surface area contributed by atoms with Crippen LogP contribution < -0.4 is 0 Å². The first-order valence-corrected chi connectivity index (χ1v) is 8.47. The van der Waals surface area contributed by atoms with Crippen LogP contribution >= 0.6 is 39.5 Å². The lowest BCUT2D eigenvalue weighted by atomic mass is 10.1. The Labute approximate surface area is 118 Å². The second-order valence-corrected chi connectivity index (χ2v) is 7.45. The number of hydrogen-bond acceptors (Lipinski definition) is 3. The quantitative estimate of drug-likeness (QED) is 0.914. The molecule has 0 amide bonds. The molecule has 1 heterocycles. The highest BCUT2D eigenvalue weighted by molar-refractivity contribution is 9.10. The maximum Gasteiger partial charge on any atom is 0.124 e. The molecule has 1 N–H and O–H groups in total. The number of rotatable bonds is 3. The van der Waals surface area contributed by atoms with Crippen molar-refractivity contribution >= 4 is 39.5 Å². The minimum Gasteiger partial charge on any atom is -0.392 e. The second kappa shape index (κ2) is 6.45. The van der Waals surface area contributed by atoms with Crippen LogP contribution in [0.5, 0.6) is 0 Å². The summed E-state index contributed by atoms with van der Waals surface area (Å²) in [5.41, 5.74) is 0.848. The minimum absolute atomic E-state index is 0.257. The van der Waals surface area contributed by atoms with Gasteiger partial charge in [0.2, 0.25) is 0 Å². The summed E-state index contributed by atoms with van der Waals surface area (Å²) in [7, 11) is 0. The Balaban J connectivity index is 1.99. The molecule has 5 heteroatoms. The van der Waals surface area contributed by atoms with Gasteiger partial charge < -0.3 is 5.11 Å². The largest absolute Gasteiger partial charge is 0.392 e. The Morgan fingerprint density at radius 1 is 1.41 bits per heavy atom. The van der Waals surface area contributed by atoms with E-state index in [1.54, 1.807) is 0 Å². The summed E-state index contributed by atoms with van der Waals surface area (Å²) in [5.74, 6) is 2.99. The molecular formula is C12H14BrFOS2. The summed E-state index contributed by atoms with van der Waals surface area (Å²) in [6.45, 7) is 0. The SMILES string of the molecule is OC(Cc1cc(F)cc(Br)c1)C1CSCCS1. The molecule has 0 aliphatic carbocycles. The third-order valence-corrected chi connectivity index (χ3v) is 6.00. The molecule has 1 nitrogen and oxygen atoms in total. The van der Waals surface area contributed by atoms with Crippen LogP contribution in [0.1, 0.15) is 5.56 Å². The predicted octanol–water partition coefficient (Wildman–Crippen LogP) is 3.34. The molecule has 0 aromatic heterocycles. The van der Waals surface area contributed by atoms with E-state index < -0.39 is 0 Å². The van der Waals surface area contributed by atoms with Crippen molar-refractivity contribution in [1.29, 1.82) is 0 Å². The predicted molar refractivity (Wildman–Crippen MR) is 77.4 cm³/mol. The van der Waals surface area contributed by atoms with Gasteiger partial charge in [-0.25, -0.2) is 4.39 Å². The Bertz CT molecular complexity index is 363. The van der Waals surface area contributed by atoms with E-state index in [0.717, 1.165) is 21.5 Å². The average Bonchev–Trinajstić information content (AvgIpc) is 2.28. The van der Waals surface area contributed by atoms with Crippen molar-refractivity contribution in [2.45, 2.75) is 17.8 Å². The van der Waals surface area contributed by atoms with E-state index >= 15 is 0 Å². The summed E-state index contributed by atoms with van der Waals surface area (Å²) in [6, 6.07) is 4.79. The lowest BCUT2D eigenvalue weighted by molar-refractivity contribution is 0.177. The fourth-order valence-corrected chi connectivity index (χ4v) is 5.11. The summed E-state index contributed by atoms with van der Waals surface area (Å²) in [5, 5.41) is 10.4. The first-order valence-electron chi connectivity index (χ1n) is 5.47. The zero-order valence-electron chi connectivity index (χ0n) is 9.23. The summed E-state index contributed by atoms with van der Waals surface area (Å²) < 4.78 is 13.9. The van der Waals surface area contributed by atoms with Gasteiger partial charge in [-0.05, 0) is 30.2 Å².